The van der Waals surface area contributed by atoms with Gasteiger partial charge in [0.2, 0.25) is 0 Å². The molecule has 5 heteroatoms. The SMILES string of the molecule is O=C1CCC2=CNC(c3ccc(Cl)s3)N=C12. The van der Waals surface area contributed by atoms with Crippen molar-refractivity contribution in [3.8, 4) is 0 Å². The quantitative estimate of drug-likeness (QED) is 0.835. The molecule has 1 saturated carbocycles. The van der Waals surface area contributed by atoms with Gasteiger partial charge in [-0.25, -0.2) is 0 Å². The van der Waals surface area contributed by atoms with Crippen LogP contribution in [-0.4, -0.2) is 11.5 Å². The van der Waals surface area contributed by atoms with Crippen molar-refractivity contribution in [3.63, 3.8) is 0 Å². The van der Waals surface area contributed by atoms with Crippen LogP contribution < -0.4 is 5.32 Å². The van der Waals surface area contributed by atoms with Gasteiger partial charge in [-0.1, -0.05) is 11.6 Å². The summed E-state index contributed by atoms with van der Waals surface area (Å²) in [5, 5.41) is 3.19. The molecule has 0 aromatic carbocycles. The van der Waals surface area contributed by atoms with Crippen molar-refractivity contribution in [3.05, 3.63) is 33.1 Å². The molecule has 1 unspecified atom stereocenters. The summed E-state index contributed by atoms with van der Waals surface area (Å²) in [6, 6.07) is 3.78. The molecule has 16 heavy (non-hydrogen) atoms. The van der Waals surface area contributed by atoms with E-state index in [1.807, 2.05) is 18.3 Å². The van der Waals surface area contributed by atoms with Crippen LogP contribution in [0.3, 0.4) is 0 Å². The van der Waals surface area contributed by atoms with E-state index in [0.717, 1.165) is 21.2 Å². The number of allylic oxidation sites excluding steroid dienone is 1. The van der Waals surface area contributed by atoms with Crippen LogP contribution in [0.25, 0.3) is 0 Å². The largest absolute Gasteiger partial charge is 0.365 e. The Morgan fingerprint density at radius 3 is 3.06 bits per heavy atom. The van der Waals surface area contributed by atoms with Crippen LogP contribution in [0.5, 0.6) is 0 Å². The minimum Gasteiger partial charge on any atom is -0.365 e. The number of carbonyl (C=O) groups excluding carboxylic acids is 1. The lowest BCUT2D eigenvalue weighted by atomic mass is 10.2. The summed E-state index contributed by atoms with van der Waals surface area (Å²) in [5.41, 5.74) is 1.68. The molecule has 0 spiro atoms. The molecule has 2 heterocycles. The molecule has 0 saturated heterocycles. The Labute approximate surface area is 102 Å². The van der Waals surface area contributed by atoms with Crippen molar-refractivity contribution in [2.24, 2.45) is 4.99 Å². The fourth-order valence-corrected chi connectivity index (χ4v) is 2.99. The molecule has 3 nitrogen and oxygen atoms in total. The van der Waals surface area contributed by atoms with E-state index >= 15 is 0 Å². The molecule has 3 rings (SSSR count). The van der Waals surface area contributed by atoms with Crippen LogP contribution >= 0.6 is 22.9 Å². The van der Waals surface area contributed by atoms with Crippen LogP contribution in [0, 0.1) is 0 Å². The predicted molar refractivity (Wildman–Crippen MR) is 65.0 cm³/mol. The third-order valence-corrected chi connectivity index (χ3v) is 4.01. The lowest BCUT2D eigenvalue weighted by Gasteiger charge is -2.17. The second kappa shape index (κ2) is 3.71. The van der Waals surface area contributed by atoms with E-state index < -0.39 is 0 Å². The Hall–Kier alpha value is -1.13. The van der Waals surface area contributed by atoms with Gasteiger partial charge < -0.3 is 5.32 Å². The first-order valence-electron chi connectivity index (χ1n) is 5.06. The summed E-state index contributed by atoms with van der Waals surface area (Å²) in [6.45, 7) is 0. The molecule has 1 aromatic heterocycles. The van der Waals surface area contributed by atoms with Gasteiger partial charge in [-0.3, -0.25) is 9.79 Å². The first-order chi connectivity index (χ1) is 7.74. The number of Topliss-reactive ketones (excluding diaryl/α,β-unsaturated/α-hetero) is 1. The first kappa shape index (κ1) is 10.1. The van der Waals surface area contributed by atoms with Crippen LogP contribution in [0.1, 0.15) is 23.9 Å². The highest BCUT2D eigenvalue weighted by Crippen LogP contribution is 2.31. The van der Waals surface area contributed by atoms with E-state index in [0.29, 0.717) is 12.1 Å². The third-order valence-electron chi connectivity index (χ3n) is 2.73. The minimum absolute atomic E-state index is 0.153. The van der Waals surface area contributed by atoms with Crippen molar-refractivity contribution >= 4 is 34.4 Å². The number of hydrogen-bond donors (Lipinski definition) is 1. The van der Waals surface area contributed by atoms with Gasteiger partial charge in [0, 0.05) is 12.6 Å². The van der Waals surface area contributed by atoms with Gasteiger partial charge in [-0.15, -0.1) is 11.3 Å². The van der Waals surface area contributed by atoms with E-state index in [4.69, 9.17) is 11.6 Å². The Balaban J connectivity index is 1.94. The number of rotatable bonds is 1. The number of aliphatic imine (C=N–C) groups is 1. The van der Waals surface area contributed by atoms with Crippen LogP contribution in [-0.2, 0) is 4.79 Å². The topological polar surface area (TPSA) is 41.5 Å². The van der Waals surface area contributed by atoms with E-state index in [1.54, 1.807) is 0 Å². The zero-order valence-corrected chi connectivity index (χ0v) is 9.94. The van der Waals surface area contributed by atoms with Crippen LogP contribution in [0.4, 0.5) is 0 Å². The molecule has 1 aromatic rings. The number of nitrogens with one attached hydrogen (secondary N) is 1. The number of carbonyl (C=O) groups is 1. The lowest BCUT2D eigenvalue weighted by molar-refractivity contribution is -0.112. The summed E-state index contributed by atoms with van der Waals surface area (Å²) >= 11 is 7.36. The average Bonchev–Trinajstić information content (AvgIpc) is 2.86. The van der Waals surface area contributed by atoms with Crippen molar-refractivity contribution in [1.82, 2.24) is 5.32 Å². The summed E-state index contributed by atoms with van der Waals surface area (Å²) in [7, 11) is 0. The summed E-state index contributed by atoms with van der Waals surface area (Å²) in [5.74, 6) is 0.153. The standard InChI is InChI=1S/C11H9ClN2OS/c12-9-4-3-8(16-9)11-13-5-6-1-2-7(15)10(6)14-11/h3-5,11,13H,1-2H2. The average molecular weight is 253 g/mol. The molecule has 1 fully saturated rings. The van der Waals surface area contributed by atoms with Gasteiger partial charge in [-0.05, 0) is 24.1 Å². The highest BCUT2D eigenvalue weighted by atomic mass is 35.5. The summed E-state index contributed by atoms with van der Waals surface area (Å²) in [6.07, 6.45) is 3.15. The Kier molecular flexibility index (Phi) is 2.33. The fourth-order valence-electron chi connectivity index (χ4n) is 1.93. The lowest BCUT2D eigenvalue weighted by Crippen LogP contribution is -2.22. The number of hydrogen-bond acceptors (Lipinski definition) is 4. The monoisotopic (exact) mass is 252 g/mol. The molecule has 1 aliphatic heterocycles. The number of nitrogens with zero attached hydrogens (tertiary/aromatic N) is 1. The normalized spacial score (nSPS) is 23.6. The van der Waals surface area contributed by atoms with Gasteiger partial charge >= 0.3 is 0 Å². The number of halogens is 1. The highest BCUT2D eigenvalue weighted by molar-refractivity contribution is 7.16. The van der Waals surface area contributed by atoms with Crippen molar-refractivity contribution in [2.75, 3.05) is 0 Å². The molecule has 82 valence electrons. The molecule has 1 N–H and O–H groups in total. The summed E-state index contributed by atoms with van der Waals surface area (Å²) < 4.78 is 0.740. The zero-order chi connectivity index (χ0) is 11.1. The maximum Gasteiger partial charge on any atom is 0.181 e. The number of fused-ring (bicyclic) bond motifs is 1. The zero-order valence-electron chi connectivity index (χ0n) is 8.37. The van der Waals surface area contributed by atoms with E-state index in [9.17, 15) is 4.79 Å². The van der Waals surface area contributed by atoms with Crippen LogP contribution in [0.15, 0.2) is 28.9 Å². The van der Waals surface area contributed by atoms with Gasteiger partial charge in [-0.2, -0.15) is 0 Å². The van der Waals surface area contributed by atoms with Crippen molar-refractivity contribution in [1.29, 1.82) is 0 Å². The second-order valence-electron chi connectivity index (χ2n) is 3.78. The molecular weight excluding hydrogens is 244 g/mol. The Morgan fingerprint density at radius 1 is 1.44 bits per heavy atom. The van der Waals surface area contributed by atoms with Crippen molar-refractivity contribution in [2.45, 2.75) is 19.0 Å². The molecule has 1 atom stereocenters. The molecule has 1 aliphatic carbocycles. The third kappa shape index (κ3) is 1.58. The van der Waals surface area contributed by atoms with Gasteiger partial charge in [0.25, 0.3) is 0 Å². The smallest absolute Gasteiger partial charge is 0.181 e. The Bertz CT molecular complexity index is 518. The first-order valence-corrected chi connectivity index (χ1v) is 6.25. The van der Waals surface area contributed by atoms with Gasteiger partial charge in [0.1, 0.15) is 5.71 Å². The van der Waals surface area contributed by atoms with Crippen LogP contribution in [0.2, 0.25) is 4.34 Å². The molecule has 0 radical (unpaired) electrons. The maximum atomic E-state index is 11.6. The molecular formula is C11H9ClN2OS. The maximum absolute atomic E-state index is 11.6. The predicted octanol–water partition coefficient (Wildman–Crippen LogP) is 2.69. The van der Waals surface area contributed by atoms with Gasteiger partial charge in [0.05, 0.1) is 9.21 Å². The summed E-state index contributed by atoms with van der Waals surface area (Å²) in [4.78, 5) is 17.1. The highest BCUT2D eigenvalue weighted by Gasteiger charge is 2.29. The fraction of sp³-hybridized carbons (Fsp3) is 0.273. The Morgan fingerprint density at radius 2 is 2.31 bits per heavy atom. The number of ketones is 1. The number of thiophene rings is 1. The molecule has 2 aliphatic rings. The van der Waals surface area contributed by atoms with E-state index in [1.165, 1.54) is 11.3 Å². The van der Waals surface area contributed by atoms with E-state index in [-0.39, 0.29) is 11.9 Å². The second-order valence-corrected chi connectivity index (χ2v) is 5.53. The van der Waals surface area contributed by atoms with E-state index in [2.05, 4.69) is 10.3 Å². The van der Waals surface area contributed by atoms with Crippen molar-refractivity contribution < 1.29 is 4.79 Å². The molecule has 0 bridgehead atoms. The minimum atomic E-state index is -0.154. The molecule has 0 amide bonds. The van der Waals surface area contributed by atoms with Gasteiger partial charge in [0.15, 0.2) is 11.9 Å².